The van der Waals surface area contributed by atoms with Crippen molar-refractivity contribution in [3.63, 3.8) is 0 Å². The molecular formula is C20H38N4O2. The highest BCUT2D eigenvalue weighted by Gasteiger charge is 1.94. The summed E-state index contributed by atoms with van der Waals surface area (Å²) in [6.07, 6.45) is 7.79. The molecule has 150 valence electrons. The second kappa shape index (κ2) is 22.6. The van der Waals surface area contributed by atoms with Gasteiger partial charge in [0, 0.05) is 39.6 Å². The standard InChI is InChI=1S/C8H12N2.C8H10N2.2C2H6.2H2O/c2*1-9-7-3-5-8(10-2)6-4-7;2*1-2;;/h3-6,9-10H,1-2H3;3-6H,1-2H3;2*1-2H3;2*1H2. The zero-order valence-electron chi connectivity index (χ0n) is 17.5. The number of aliphatic imine (C=N–C) groups is 2. The van der Waals surface area contributed by atoms with E-state index in [1.165, 1.54) is 0 Å². The summed E-state index contributed by atoms with van der Waals surface area (Å²) in [6, 6.07) is 8.13. The molecule has 0 aromatic heterocycles. The molecule has 0 fully saturated rings. The van der Waals surface area contributed by atoms with Gasteiger partial charge in [-0.25, -0.2) is 0 Å². The van der Waals surface area contributed by atoms with E-state index < -0.39 is 0 Å². The van der Waals surface area contributed by atoms with Crippen LogP contribution in [0.5, 0.6) is 0 Å². The number of anilines is 2. The van der Waals surface area contributed by atoms with Crippen molar-refractivity contribution < 1.29 is 11.0 Å². The molecule has 6 heteroatoms. The zero-order valence-corrected chi connectivity index (χ0v) is 17.5. The molecule has 6 nitrogen and oxygen atoms in total. The number of nitrogens with one attached hydrogen (secondary N) is 2. The minimum absolute atomic E-state index is 0. The fraction of sp³-hybridized carbons (Fsp3) is 0.400. The highest BCUT2D eigenvalue weighted by atomic mass is 16.0. The van der Waals surface area contributed by atoms with Crippen LogP contribution in [0.1, 0.15) is 27.7 Å². The van der Waals surface area contributed by atoms with E-state index in [2.05, 4.69) is 20.6 Å². The molecule has 0 radical (unpaired) electrons. The Labute approximate surface area is 159 Å². The highest BCUT2D eigenvalue weighted by Crippen LogP contribution is 2.11. The predicted octanol–water partition coefficient (Wildman–Crippen LogP) is 3.43. The monoisotopic (exact) mass is 366 g/mol. The first-order chi connectivity index (χ1) is 11.7. The summed E-state index contributed by atoms with van der Waals surface area (Å²) < 4.78 is 0. The van der Waals surface area contributed by atoms with E-state index in [0.29, 0.717) is 0 Å². The minimum Gasteiger partial charge on any atom is -0.412 e. The average Bonchev–Trinajstić information content (AvgIpc) is 2.71. The van der Waals surface area contributed by atoms with Crippen LogP contribution < -0.4 is 10.6 Å². The lowest BCUT2D eigenvalue weighted by molar-refractivity contribution is 0.823. The number of hydrogen-bond donors (Lipinski definition) is 2. The smallest absolute Gasteiger partial charge is 0.0572 e. The van der Waals surface area contributed by atoms with E-state index in [1.807, 2.05) is 90.4 Å². The molecule has 0 heterocycles. The fourth-order valence-corrected chi connectivity index (χ4v) is 1.55. The van der Waals surface area contributed by atoms with Gasteiger partial charge in [0.05, 0.1) is 11.4 Å². The lowest BCUT2D eigenvalue weighted by Crippen LogP contribution is -1.98. The number of benzene rings is 1. The van der Waals surface area contributed by atoms with E-state index in [9.17, 15) is 0 Å². The number of rotatable bonds is 2. The van der Waals surface area contributed by atoms with E-state index in [4.69, 9.17) is 0 Å². The minimum atomic E-state index is 0. The van der Waals surface area contributed by atoms with Crippen LogP contribution in [-0.2, 0) is 0 Å². The van der Waals surface area contributed by atoms with E-state index in [0.717, 1.165) is 22.8 Å². The Bertz CT molecular complexity index is 468. The van der Waals surface area contributed by atoms with Crippen molar-refractivity contribution in [2.75, 3.05) is 38.8 Å². The molecule has 0 atom stereocenters. The van der Waals surface area contributed by atoms with Crippen molar-refractivity contribution >= 4 is 22.8 Å². The summed E-state index contributed by atoms with van der Waals surface area (Å²) >= 11 is 0. The molecule has 1 aromatic rings. The Morgan fingerprint density at radius 1 is 0.577 bits per heavy atom. The second-order valence-corrected chi connectivity index (χ2v) is 4.04. The summed E-state index contributed by atoms with van der Waals surface area (Å²) in [7, 11) is 7.37. The molecular weight excluding hydrogens is 328 g/mol. The van der Waals surface area contributed by atoms with Gasteiger partial charge in [0.25, 0.3) is 0 Å². The van der Waals surface area contributed by atoms with E-state index >= 15 is 0 Å². The maximum Gasteiger partial charge on any atom is 0.0572 e. The summed E-state index contributed by atoms with van der Waals surface area (Å²) in [5.41, 5.74) is 4.26. The molecule has 0 saturated carbocycles. The molecule has 1 aliphatic carbocycles. The van der Waals surface area contributed by atoms with Crippen LogP contribution in [0, 0.1) is 0 Å². The summed E-state index contributed by atoms with van der Waals surface area (Å²) in [5, 5.41) is 6.10. The molecule has 0 unspecified atom stereocenters. The molecule has 0 spiro atoms. The predicted molar refractivity (Wildman–Crippen MR) is 120 cm³/mol. The van der Waals surface area contributed by atoms with Gasteiger partial charge in [-0.15, -0.1) is 0 Å². The first kappa shape index (κ1) is 31.3. The van der Waals surface area contributed by atoms with Crippen molar-refractivity contribution in [2.24, 2.45) is 9.98 Å². The van der Waals surface area contributed by atoms with E-state index in [1.54, 1.807) is 14.1 Å². The van der Waals surface area contributed by atoms with Crippen LogP contribution in [0.4, 0.5) is 11.4 Å². The first-order valence-electron chi connectivity index (χ1n) is 8.48. The van der Waals surface area contributed by atoms with Gasteiger partial charge in [0.1, 0.15) is 0 Å². The van der Waals surface area contributed by atoms with Crippen LogP contribution in [0.2, 0.25) is 0 Å². The van der Waals surface area contributed by atoms with Crippen LogP contribution in [0.25, 0.3) is 0 Å². The summed E-state index contributed by atoms with van der Waals surface area (Å²) in [5.74, 6) is 0. The second-order valence-electron chi connectivity index (χ2n) is 4.04. The van der Waals surface area contributed by atoms with Gasteiger partial charge >= 0.3 is 0 Å². The molecule has 1 aromatic carbocycles. The number of hydrogen-bond acceptors (Lipinski definition) is 4. The summed E-state index contributed by atoms with van der Waals surface area (Å²) in [4.78, 5) is 8.01. The topological polar surface area (TPSA) is 112 Å². The first-order valence-corrected chi connectivity index (χ1v) is 8.48. The Kier molecular flexibility index (Phi) is 27.2. The molecule has 0 bridgehead atoms. The molecule has 6 N–H and O–H groups in total. The van der Waals surface area contributed by atoms with Crippen molar-refractivity contribution in [1.82, 2.24) is 0 Å². The van der Waals surface area contributed by atoms with Gasteiger partial charge < -0.3 is 21.6 Å². The highest BCUT2D eigenvalue weighted by molar-refractivity contribution is 6.18. The molecule has 0 saturated heterocycles. The lowest BCUT2D eigenvalue weighted by Gasteiger charge is -2.01. The van der Waals surface area contributed by atoms with Gasteiger partial charge in [-0.2, -0.15) is 0 Å². The summed E-state index contributed by atoms with van der Waals surface area (Å²) in [6.45, 7) is 8.00. The van der Waals surface area contributed by atoms with E-state index in [-0.39, 0.29) is 11.0 Å². The fourth-order valence-electron chi connectivity index (χ4n) is 1.55. The molecule has 0 aliphatic heterocycles. The number of allylic oxidation sites excluding steroid dienone is 4. The van der Waals surface area contributed by atoms with Crippen LogP contribution >= 0.6 is 0 Å². The Balaban J connectivity index is -0.000000147. The third-order valence-electron chi connectivity index (χ3n) is 2.83. The molecule has 0 amide bonds. The SMILES string of the molecule is CC.CC.CN=C1C=CC(=NC)C=C1.CNc1ccc(NC)cc1.O.O. The van der Waals surface area contributed by atoms with Crippen molar-refractivity contribution in [1.29, 1.82) is 0 Å². The van der Waals surface area contributed by atoms with Crippen LogP contribution in [-0.4, -0.2) is 50.6 Å². The average molecular weight is 367 g/mol. The molecule has 26 heavy (non-hydrogen) atoms. The Hall–Kier alpha value is -2.44. The van der Waals surface area contributed by atoms with Gasteiger partial charge in [-0.3, -0.25) is 9.98 Å². The number of nitrogens with zero attached hydrogens (tertiary/aromatic N) is 2. The maximum atomic E-state index is 4.00. The zero-order chi connectivity index (χ0) is 18.8. The Morgan fingerprint density at radius 3 is 0.962 bits per heavy atom. The third-order valence-corrected chi connectivity index (χ3v) is 2.83. The van der Waals surface area contributed by atoms with Gasteiger partial charge in [-0.1, -0.05) is 27.7 Å². The van der Waals surface area contributed by atoms with Crippen molar-refractivity contribution in [2.45, 2.75) is 27.7 Å². The molecule has 2 rings (SSSR count). The third kappa shape index (κ3) is 13.9. The quantitative estimate of drug-likeness (QED) is 0.781. The van der Waals surface area contributed by atoms with Crippen LogP contribution in [0.15, 0.2) is 58.6 Å². The van der Waals surface area contributed by atoms with Gasteiger partial charge in [-0.05, 0) is 48.6 Å². The van der Waals surface area contributed by atoms with Crippen molar-refractivity contribution in [3.8, 4) is 0 Å². The van der Waals surface area contributed by atoms with Crippen molar-refractivity contribution in [3.05, 3.63) is 48.6 Å². The lowest BCUT2D eigenvalue weighted by atomic mass is 10.1. The molecule has 1 aliphatic rings. The Morgan fingerprint density at radius 2 is 0.808 bits per heavy atom. The maximum absolute atomic E-state index is 4.00. The van der Waals surface area contributed by atoms with Crippen LogP contribution in [0.3, 0.4) is 0 Å². The normalized spacial score (nSPS) is 10.0. The van der Waals surface area contributed by atoms with Gasteiger partial charge in [0.15, 0.2) is 0 Å². The van der Waals surface area contributed by atoms with Gasteiger partial charge in [0.2, 0.25) is 0 Å². The largest absolute Gasteiger partial charge is 0.412 e.